The van der Waals surface area contributed by atoms with Crippen molar-refractivity contribution in [3.63, 3.8) is 0 Å². The lowest BCUT2D eigenvalue weighted by Crippen LogP contribution is -2.03. The molecule has 0 aliphatic heterocycles. The molecule has 0 amide bonds. The summed E-state index contributed by atoms with van der Waals surface area (Å²) in [6.45, 7) is 0.298. The minimum atomic E-state index is 0.0645. The summed E-state index contributed by atoms with van der Waals surface area (Å²) in [7, 11) is 0. The molecule has 0 aliphatic rings. The van der Waals surface area contributed by atoms with E-state index < -0.39 is 0 Å². The second-order valence-corrected chi connectivity index (χ2v) is 1.93. The molecule has 0 spiro atoms. The Morgan fingerprint density at radius 1 is 1.60 bits per heavy atom. The van der Waals surface area contributed by atoms with E-state index in [1.165, 1.54) is 12.3 Å². The fourth-order valence-electron chi connectivity index (χ4n) is 0.669. The Kier molecular flexibility index (Phi) is 1.73. The first kappa shape index (κ1) is 6.82. The molecule has 54 valence electrons. The Balaban J connectivity index is 3.07. The van der Waals surface area contributed by atoms with E-state index >= 15 is 0 Å². The summed E-state index contributed by atoms with van der Waals surface area (Å²) in [6, 6.07) is 1.43. The lowest BCUT2D eigenvalue weighted by molar-refractivity contribution is 0.472. The van der Waals surface area contributed by atoms with Crippen LogP contribution in [0, 0.1) is 0 Å². The number of anilines is 1. The first-order chi connectivity index (χ1) is 4.74. The molecule has 5 N–H and O–H groups in total. The van der Waals surface area contributed by atoms with Crippen LogP contribution in [0.4, 0.5) is 5.69 Å². The number of nitrogens with two attached hydrogens (primary N) is 2. The van der Waals surface area contributed by atoms with Crippen molar-refractivity contribution in [3.8, 4) is 5.75 Å². The van der Waals surface area contributed by atoms with Crippen molar-refractivity contribution in [1.82, 2.24) is 4.98 Å². The van der Waals surface area contributed by atoms with Crippen LogP contribution in [0.25, 0.3) is 0 Å². The predicted molar refractivity (Wildman–Crippen MR) is 38.2 cm³/mol. The van der Waals surface area contributed by atoms with Gasteiger partial charge in [-0.1, -0.05) is 0 Å². The van der Waals surface area contributed by atoms with E-state index in [0.717, 1.165) is 0 Å². The average molecular weight is 139 g/mol. The molecule has 0 aliphatic carbocycles. The zero-order valence-corrected chi connectivity index (χ0v) is 5.41. The molecule has 0 atom stereocenters. The van der Waals surface area contributed by atoms with Gasteiger partial charge in [-0.25, -0.2) is 0 Å². The molecular weight excluding hydrogens is 130 g/mol. The van der Waals surface area contributed by atoms with Gasteiger partial charge in [-0.15, -0.1) is 0 Å². The van der Waals surface area contributed by atoms with Gasteiger partial charge in [-0.05, 0) is 0 Å². The van der Waals surface area contributed by atoms with Gasteiger partial charge < -0.3 is 16.6 Å². The molecule has 0 saturated carbocycles. The fourth-order valence-corrected chi connectivity index (χ4v) is 0.669. The van der Waals surface area contributed by atoms with E-state index in [1.54, 1.807) is 0 Å². The number of nitrogen functional groups attached to an aromatic ring is 1. The van der Waals surface area contributed by atoms with Crippen molar-refractivity contribution in [2.24, 2.45) is 5.73 Å². The molecule has 0 unspecified atom stereocenters. The van der Waals surface area contributed by atoms with Crippen LogP contribution in [-0.4, -0.2) is 10.1 Å². The van der Waals surface area contributed by atoms with Gasteiger partial charge in [0.05, 0.1) is 17.6 Å². The second kappa shape index (κ2) is 2.53. The van der Waals surface area contributed by atoms with Crippen molar-refractivity contribution < 1.29 is 5.11 Å². The molecule has 0 fully saturated rings. The third kappa shape index (κ3) is 1.16. The molecular formula is C6H9N3O. The minimum absolute atomic E-state index is 0.0645. The van der Waals surface area contributed by atoms with E-state index in [9.17, 15) is 0 Å². The molecule has 0 aromatic carbocycles. The molecule has 1 aromatic heterocycles. The number of rotatable bonds is 1. The predicted octanol–water partition coefficient (Wildman–Crippen LogP) is -0.172. The summed E-state index contributed by atoms with van der Waals surface area (Å²) in [5, 5.41) is 8.85. The summed E-state index contributed by atoms with van der Waals surface area (Å²) in [4.78, 5) is 3.80. The van der Waals surface area contributed by atoms with E-state index in [1.807, 2.05) is 0 Å². The largest absolute Gasteiger partial charge is 0.506 e. The van der Waals surface area contributed by atoms with E-state index in [-0.39, 0.29) is 5.75 Å². The van der Waals surface area contributed by atoms with Crippen molar-refractivity contribution in [2.75, 3.05) is 5.73 Å². The fraction of sp³-hybridized carbons (Fsp3) is 0.167. The number of aromatic nitrogens is 1. The molecule has 1 heterocycles. The van der Waals surface area contributed by atoms with E-state index in [2.05, 4.69) is 4.98 Å². The van der Waals surface area contributed by atoms with Crippen LogP contribution in [-0.2, 0) is 6.54 Å². The van der Waals surface area contributed by atoms with Gasteiger partial charge in [0.25, 0.3) is 0 Å². The number of pyridine rings is 1. The lowest BCUT2D eigenvalue weighted by Gasteiger charge is -1.99. The minimum Gasteiger partial charge on any atom is -0.506 e. The Labute approximate surface area is 58.5 Å². The second-order valence-electron chi connectivity index (χ2n) is 1.93. The zero-order chi connectivity index (χ0) is 7.56. The highest BCUT2D eigenvalue weighted by Gasteiger charge is 1.97. The molecule has 1 aromatic rings. The number of hydrogen-bond acceptors (Lipinski definition) is 4. The van der Waals surface area contributed by atoms with Gasteiger partial charge in [0.15, 0.2) is 0 Å². The van der Waals surface area contributed by atoms with Crippen molar-refractivity contribution >= 4 is 5.69 Å². The van der Waals surface area contributed by atoms with Gasteiger partial charge in [0.1, 0.15) is 5.75 Å². The smallest absolute Gasteiger partial charge is 0.135 e. The Morgan fingerprint density at radius 3 is 2.80 bits per heavy atom. The Hall–Kier alpha value is -1.29. The number of aromatic hydroxyl groups is 1. The molecule has 0 saturated heterocycles. The maximum Gasteiger partial charge on any atom is 0.135 e. The molecule has 1 rings (SSSR count). The third-order valence-electron chi connectivity index (χ3n) is 1.18. The Bertz CT molecular complexity index is 236. The molecule has 0 radical (unpaired) electrons. The van der Waals surface area contributed by atoms with Crippen LogP contribution in [0.5, 0.6) is 5.75 Å². The standard InChI is InChI=1S/C6H9N3O/c7-2-6-5(8)1-4(10)3-9-6/h1,3,10H,2,7-8H2. The zero-order valence-electron chi connectivity index (χ0n) is 5.41. The average Bonchev–Trinajstić information content (AvgIpc) is 1.88. The SMILES string of the molecule is NCc1ncc(O)cc1N. The van der Waals surface area contributed by atoms with Crippen LogP contribution in [0.1, 0.15) is 5.69 Å². The summed E-state index contributed by atoms with van der Waals surface area (Å²) >= 11 is 0. The van der Waals surface area contributed by atoms with Gasteiger partial charge in [0.2, 0.25) is 0 Å². The summed E-state index contributed by atoms with van der Waals surface area (Å²) in [6.07, 6.45) is 1.32. The first-order valence-electron chi connectivity index (χ1n) is 2.87. The van der Waals surface area contributed by atoms with Gasteiger partial charge in [-0.3, -0.25) is 4.98 Å². The van der Waals surface area contributed by atoms with Crippen LogP contribution in [0.2, 0.25) is 0 Å². The third-order valence-corrected chi connectivity index (χ3v) is 1.18. The first-order valence-corrected chi connectivity index (χ1v) is 2.87. The van der Waals surface area contributed by atoms with Crippen molar-refractivity contribution in [2.45, 2.75) is 6.54 Å². The van der Waals surface area contributed by atoms with Crippen molar-refractivity contribution in [1.29, 1.82) is 0 Å². The molecule has 4 heteroatoms. The quantitative estimate of drug-likeness (QED) is 0.504. The summed E-state index contributed by atoms with van der Waals surface area (Å²) < 4.78 is 0. The monoisotopic (exact) mass is 139 g/mol. The molecule has 10 heavy (non-hydrogen) atoms. The van der Waals surface area contributed by atoms with Gasteiger partial charge in [0, 0.05) is 12.6 Å². The van der Waals surface area contributed by atoms with Crippen LogP contribution >= 0.6 is 0 Å². The van der Waals surface area contributed by atoms with E-state index in [4.69, 9.17) is 16.6 Å². The van der Waals surface area contributed by atoms with Crippen molar-refractivity contribution in [3.05, 3.63) is 18.0 Å². The highest BCUT2D eigenvalue weighted by atomic mass is 16.3. The summed E-state index contributed by atoms with van der Waals surface area (Å²) in [5.74, 6) is 0.0645. The van der Waals surface area contributed by atoms with E-state index in [0.29, 0.717) is 17.9 Å². The van der Waals surface area contributed by atoms with Crippen LogP contribution < -0.4 is 11.5 Å². The summed E-state index contributed by atoms with van der Waals surface area (Å²) in [5.41, 5.74) is 11.7. The molecule has 4 nitrogen and oxygen atoms in total. The maximum absolute atomic E-state index is 8.85. The van der Waals surface area contributed by atoms with Gasteiger partial charge >= 0.3 is 0 Å². The Morgan fingerprint density at radius 2 is 2.30 bits per heavy atom. The van der Waals surface area contributed by atoms with Gasteiger partial charge in [-0.2, -0.15) is 0 Å². The van der Waals surface area contributed by atoms with Crippen LogP contribution in [0.3, 0.4) is 0 Å². The normalized spacial score (nSPS) is 9.70. The number of hydrogen-bond donors (Lipinski definition) is 3. The maximum atomic E-state index is 8.85. The highest BCUT2D eigenvalue weighted by Crippen LogP contribution is 2.14. The topological polar surface area (TPSA) is 85.2 Å². The van der Waals surface area contributed by atoms with Crippen LogP contribution in [0.15, 0.2) is 12.3 Å². The highest BCUT2D eigenvalue weighted by molar-refractivity contribution is 5.46. The lowest BCUT2D eigenvalue weighted by atomic mass is 10.3. The number of nitrogens with zero attached hydrogens (tertiary/aromatic N) is 1. The molecule has 0 bridgehead atoms.